The van der Waals surface area contributed by atoms with Crippen LogP contribution in [0.4, 0.5) is 0 Å². The smallest absolute Gasteiger partial charge is 0.325 e. The first-order valence-corrected chi connectivity index (χ1v) is 10.4. The van der Waals surface area contributed by atoms with Crippen molar-refractivity contribution in [1.82, 2.24) is 9.55 Å². The van der Waals surface area contributed by atoms with Crippen LogP contribution >= 0.6 is 45.9 Å². The molecule has 142 valence electrons. The highest BCUT2D eigenvalue weighted by atomic mass is 35.5. The first kappa shape index (κ1) is 19.1. The van der Waals surface area contributed by atoms with Crippen molar-refractivity contribution >= 4 is 78.2 Å². The molecule has 0 radical (unpaired) electrons. The molecule has 0 unspecified atom stereocenters. The van der Waals surface area contributed by atoms with Gasteiger partial charge in [0.1, 0.15) is 6.54 Å². The van der Waals surface area contributed by atoms with Gasteiger partial charge in [0.25, 0.3) is 5.91 Å². The van der Waals surface area contributed by atoms with Gasteiger partial charge in [0.15, 0.2) is 4.80 Å². The molecule has 28 heavy (non-hydrogen) atoms. The van der Waals surface area contributed by atoms with Gasteiger partial charge in [0.2, 0.25) is 0 Å². The molecule has 4 aromatic rings. The number of hydrogen-bond acceptors (Lipinski definition) is 6. The predicted molar refractivity (Wildman–Crippen MR) is 111 cm³/mol. The van der Waals surface area contributed by atoms with Crippen LogP contribution in [0.15, 0.2) is 40.8 Å². The van der Waals surface area contributed by atoms with Gasteiger partial charge in [-0.3, -0.25) is 9.59 Å². The van der Waals surface area contributed by atoms with Crippen LogP contribution in [0, 0.1) is 0 Å². The van der Waals surface area contributed by atoms with Crippen LogP contribution in [-0.2, 0) is 16.1 Å². The summed E-state index contributed by atoms with van der Waals surface area (Å²) in [5.41, 5.74) is 3.51. The van der Waals surface area contributed by atoms with Gasteiger partial charge in [-0.25, -0.2) is 4.98 Å². The third-order valence-electron chi connectivity index (χ3n) is 4.02. The first-order valence-electron chi connectivity index (χ1n) is 7.94. The third kappa shape index (κ3) is 3.44. The number of nitrogens with zero attached hydrogens (tertiary/aromatic N) is 3. The number of aromatic nitrogens is 2. The zero-order chi connectivity index (χ0) is 19.8. The summed E-state index contributed by atoms with van der Waals surface area (Å²) < 4.78 is 7.96. The van der Waals surface area contributed by atoms with E-state index in [1.165, 1.54) is 29.8 Å². The Morgan fingerprint density at radius 1 is 1.21 bits per heavy atom. The fraction of sp³-hybridized carbons (Fsp3) is 0.111. The summed E-state index contributed by atoms with van der Waals surface area (Å²) in [5.74, 6) is -0.918. The molecule has 0 bridgehead atoms. The highest BCUT2D eigenvalue weighted by molar-refractivity contribution is 7.17. The summed E-state index contributed by atoms with van der Waals surface area (Å²) in [4.78, 5) is 33.4. The van der Waals surface area contributed by atoms with Crippen LogP contribution in [0.5, 0.6) is 0 Å². The quantitative estimate of drug-likeness (QED) is 0.428. The minimum absolute atomic E-state index is 0.142. The molecule has 0 atom stereocenters. The Labute approximate surface area is 176 Å². The van der Waals surface area contributed by atoms with Crippen LogP contribution in [0.25, 0.3) is 20.4 Å². The number of esters is 1. The highest BCUT2D eigenvalue weighted by Crippen LogP contribution is 2.32. The molecule has 0 aliphatic heterocycles. The van der Waals surface area contributed by atoms with Crippen molar-refractivity contribution in [3.05, 3.63) is 56.3 Å². The molecule has 0 spiro atoms. The number of fused-ring (bicyclic) bond motifs is 2. The average Bonchev–Trinajstić information content (AvgIpc) is 3.29. The molecule has 0 N–H and O–H groups in total. The summed E-state index contributed by atoms with van der Waals surface area (Å²) in [6.07, 6.45) is 0. The van der Waals surface area contributed by atoms with Gasteiger partial charge < -0.3 is 9.30 Å². The SMILES string of the molecule is COC(=O)Cn1c(=NC(=O)c2ccc3ncsc3c2)sc2ccc(Cl)c(Cl)c21. The van der Waals surface area contributed by atoms with Gasteiger partial charge in [-0.15, -0.1) is 11.3 Å². The molecule has 0 saturated heterocycles. The summed E-state index contributed by atoms with van der Waals surface area (Å²) >= 11 is 15.2. The Bertz CT molecular complexity index is 1310. The minimum atomic E-state index is -0.490. The summed E-state index contributed by atoms with van der Waals surface area (Å²) in [6, 6.07) is 8.64. The van der Waals surface area contributed by atoms with E-state index < -0.39 is 11.9 Å². The molecule has 10 heteroatoms. The molecule has 0 fully saturated rings. The molecular weight excluding hydrogens is 441 g/mol. The summed E-state index contributed by atoms with van der Waals surface area (Å²) in [6.45, 7) is -0.142. The van der Waals surface area contributed by atoms with Crippen molar-refractivity contribution in [3.63, 3.8) is 0 Å². The molecular formula is C18H11Cl2N3O3S2. The second kappa shape index (κ2) is 7.63. The lowest BCUT2D eigenvalue weighted by molar-refractivity contribution is -0.141. The number of benzene rings is 2. The standard InChI is InChI=1S/C18H11Cl2N3O3S2/c1-26-14(24)7-23-16-12(5-3-10(19)15(16)20)28-18(23)22-17(25)9-2-4-11-13(6-9)27-8-21-11/h2-6,8H,7H2,1H3. The molecule has 2 heterocycles. The summed E-state index contributed by atoms with van der Waals surface area (Å²) in [7, 11) is 1.29. The van der Waals surface area contributed by atoms with Crippen LogP contribution in [0.3, 0.4) is 0 Å². The normalized spacial score (nSPS) is 12.0. The fourth-order valence-corrected chi connectivity index (χ4v) is 4.90. The largest absolute Gasteiger partial charge is 0.468 e. The van der Waals surface area contributed by atoms with Gasteiger partial charge in [-0.05, 0) is 30.3 Å². The Hall–Kier alpha value is -2.26. The third-order valence-corrected chi connectivity index (χ3v) is 6.65. The number of rotatable bonds is 3. The van der Waals surface area contributed by atoms with Crippen molar-refractivity contribution in [3.8, 4) is 0 Å². The van der Waals surface area contributed by atoms with Gasteiger partial charge in [-0.1, -0.05) is 34.5 Å². The lowest BCUT2D eigenvalue weighted by Crippen LogP contribution is -2.22. The number of carbonyl (C=O) groups excluding carboxylic acids is 2. The molecule has 2 aromatic heterocycles. The maximum absolute atomic E-state index is 12.8. The minimum Gasteiger partial charge on any atom is -0.468 e. The maximum atomic E-state index is 12.8. The predicted octanol–water partition coefficient (Wildman–Crippen LogP) is 4.53. The average molecular weight is 452 g/mol. The molecule has 2 aromatic carbocycles. The highest BCUT2D eigenvalue weighted by Gasteiger charge is 2.16. The van der Waals surface area contributed by atoms with E-state index in [4.69, 9.17) is 27.9 Å². The van der Waals surface area contributed by atoms with E-state index in [0.29, 0.717) is 25.9 Å². The van der Waals surface area contributed by atoms with Crippen LogP contribution in [0.2, 0.25) is 10.0 Å². The second-order valence-corrected chi connectivity index (χ2v) is 8.39. The van der Waals surface area contributed by atoms with E-state index in [1.54, 1.807) is 40.4 Å². The molecule has 1 amide bonds. The maximum Gasteiger partial charge on any atom is 0.325 e. The Morgan fingerprint density at radius 3 is 2.82 bits per heavy atom. The zero-order valence-electron chi connectivity index (χ0n) is 14.3. The number of methoxy groups -OCH3 is 1. The van der Waals surface area contributed by atoms with Crippen molar-refractivity contribution in [2.75, 3.05) is 7.11 Å². The molecule has 6 nitrogen and oxygen atoms in total. The lowest BCUT2D eigenvalue weighted by Gasteiger charge is -2.06. The van der Waals surface area contributed by atoms with Crippen LogP contribution in [0.1, 0.15) is 10.4 Å². The van der Waals surface area contributed by atoms with Gasteiger partial charge in [0.05, 0.1) is 43.1 Å². The summed E-state index contributed by atoms with van der Waals surface area (Å²) in [5, 5.41) is 0.637. The van der Waals surface area contributed by atoms with E-state index in [2.05, 4.69) is 9.98 Å². The Morgan fingerprint density at radius 2 is 2.04 bits per heavy atom. The zero-order valence-corrected chi connectivity index (χ0v) is 17.5. The van der Waals surface area contributed by atoms with Gasteiger partial charge in [-0.2, -0.15) is 4.99 Å². The van der Waals surface area contributed by atoms with Crippen molar-refractivity contribution in [2.45, 2.75) is 6.54 Å². The van der Waals surface area contributed by atoms with E-state index in [-0.39, 0.29) is 6.54 Å². The molecule has 0 aliphatic carbocycles. The Balaban J connectivity index is 1.88. The van der Waals surface area contributed by atoms with Crippen LogP contribution in [-0.4, -0.2) is 28.5 Å². The van der Waals surface area contributed by atoms with Crippen molar-refractivity contribution < 1.29 is 14.3 Å². The van der Waals surface area contributed by atoms with E-state index in [9.17, 15) is 9.59 Å². The number of halogens is 2. The topological polar surface area (TPSA) is 73.6 Å². The lowest BCUT2D eigenvalue weighted by atomic mass is 10.2. The fourth-order valence-electron chi connectivity index (χ4n) is 2.67. The molecule has 4 rings (SSSR count). The van der Waals surface area contributed by atoms with E-state index in [1.807, 2.05) is 0 Å². The monoisotopic (exact) mass is 451 g/mol. The van der Waals surface area contributed by atoms with Gasteiger partial charge >= 0.3 is 5.97 Å². The van der Waals surface area contributed by atoms with Crippen molar-refractivity contribution in [2.24, 2.45) is 4.99 Å². The number of hydrogen-bond donors (Lipinski definition) is 0. The second-order valence-electron chi connectivity index (χ2n) is 5.71. The number of thiazole rings is 2. The van der Waals surface area contributed by atoms with Crippen LogP contribution < -0.4 is 4.80 Å². The number of ether oxygens (including phenoxy) is 1. The number of carbonyl (C=O) groups is 2. The van der Waals surface area contributed by atoms with Crippen molar-refractivity contribution in [1.29, 1.82) is 0 Å². The number of amides is 1. The van der Waals surface area contributed by atoms with E-state index in [0.717, 1.165) is 14.9 Å². The molecule has 0 aliphatic rings. The molecule has 0 saturated carbocycles. The first-order chi connectivity index (χ1) is 13.5. The van der Waals surface area contributed by atoms with E-state index >= 15 is 0 Å². The Kier molecular flexibility index (Phi) is 5.20. The van der Waals surface area contributed by atoms with Gasteiger partial charge in [0, 0.05) is 5.56 Å².